The molecule has 4 fully saturated rings. The molecule has 0 spiro atoms. The molecule has 3 aliphatic heterocycles. The van der Waals surface area contributed by atoms with Crippen molar-refractivity contribution >= 4 is 32.7 Å². The first kappa shape index (κ1) is 33.6. The van der Waals surface area contributed by atoms with E-state index in [1.165, 1.54) is 30.2 Å². The first-order valence-electron chi connectivity index (χ1n) is 18.7. The molecule has 2 aliphatic carbocycles. The van der Waals surface area contributed by atoms with E-state index in [1.54, 1.807) is 25.3 Å². The van der Waals surface area contributed by atoms with Gasteiger partial charge in [0.25, 0.3) is 5.91 Å². The number of aromatic nitrogens is 1. The highest BCUT2D eigenvalue weighted by atomic mass is 32.2. The zero-order chi connectivity index (χ0) is 35.9. The number of fused-ring (bicyclic) bond motifs is 9. The van der Waals surface area contributed by atoms with E-state index in [0.717, 1.165) is 91.5 Å². The fourth-order valence-electron chi connectivity index (χ4n) is 10.2. The van der Waals surface area contributed by atoms with Crippen molar-refractivity contribution in [1.82, 2.24) is 19.1 Å². The van der Waals surface area contributed by atoms with Crippen molar-refractivity contribution in [1.29, 1.82) is 0 Å². The number of halogens is 1. The van der Waals surface area contributed by atoms with Gasteiger partial charge in [0.05, 0.1) is 24.0 Å². The molecule has 4 aromatic rings. The normalized spacial score (nSPS) is 25.6. The average molecular weight is 725 g/mol. The van der Waals surface area contributed by atoms with E-state index >= 15 is 4.79 Å². The number of nitrogens with one attached hydrogen (secondary N) is 1. The number of rotatable bonds is 7. The lowest BCUT2D eigenvalue weighted by molar-refractivity contribution is -0.143. The Morgan fingerprint density at radius 1 is 0.962 bits per heavy atom. The summed E-state index contributed by atoms with van der Waals surface area (Å²) >= 11 is 0. The van der Waals surface area contributed by atoms with Crippen molar-refractivity contribution < 1.29 is 27.1 Å². The topological polar surface area (TPSA) is 101 Å². The first-order valence-corrected chi connectivity index (χ1v) is 20.4. The summed E-state index contributed by atoms with van der Waals surface area (Å²) in [4.78, 5) is 33.3. The van der Waals surface area contributed by atoms with Crippen LogP contribution in [0.1, 0.15) is 90.3 Å². The fourth-order valence-corrected chi connectivity index (χ4v) is 11.3. The molecule has 1 N–H and O–H groups in total. The number of sulfonamides is 1. The van der Waals surface area contributed by atoms with Gasteiger partial charge in [-0.05, 0) is 92.6 Å². The fraction of sp³-hybridized carbons (Fsp3) is 0.463. The molecule has 2 saturated carbocycles. The molecular weight excluding hydrogens is 680 g/mol. The van der Waals surface area contributed by atoms with Gasteiger partial charge in [-0.15, -0.1) is 0 Å². The van der Waals surface area contributed by atoms with Crippen molar-refractivity contribution in [2.24, 2.45) is 5.41 Å². The summed E-state index contributed by atoms with van der Waals surface area (Å²) in [6.07, 6.45) is 8.40. The van der Waals surface area contributed by atoms with E-state index in [-0.39, 0.29) is 35.0 Å². The lowest BCUT2D eigenvalue weighted by atomic mass is 9.81. The van der Waals surface area contributed by atoms with Crippen LogP contribution in [-0.2, 0) is 27.1 Å². The Balaban J connectivity index is 1.17. The third-order valence-corrected chi connectivity index (χ3v) is 13.8. The molecule has 1 aromatic heterocycles. The molecule has 2 bridgehead atoms. The van der Waals surface area contributed by atoms with Crippen molar-refractivity contribution in [3.05, 3.63) is 88.7 Å². The highest BCUT2D eigenvalue weighted by Crippen LogP contribution is 2.66. The Labute approximate surface area is 304 Å². The smallest absolute Gasteiger partial charge is 0.264 e. The summed E-state index contributed by atoms with van der Waals surface area (Å²) in [5, 5.41) is 1.04. The predicted molar refractivity (Wildman–Crippen MR) is 197 cm³/mol. The third-order valence-electron chi connectivity index (χ3n) is 12.7. The van der Waals surface area contributed by atoms with Crippen LogP contribution in [0.4, 0.5) is 4.39 Å². The second-order valence-corrected chi connectivity index (χ2v) is 17.6. The van der Waals surface area contributed by atoms with Gasteiger partial charge in [0.15, 0.2) is 0 Å². The zero-order valence-electron chi connectivity index (χ0n) is 29.7. The number of nitrogens with zero attached hydrogens (tertiary/aromatic N) is 3. The Bertz CT molecular complexity index is 2220. The molecule has 2 amide bonds. The van der Waals surface area contributed by atoms with Crippen molar-refractivity contribution in [2.45, 2.75) is 87.6 Å². The summed E-state index contributed by atoms with van der Waals surface area (Å²) in [6.45, 7) is 2.25. The summed E-state index contributed by atoms with van der Waals surface area (Å²) < 4.78 is 50.8. The van der Waals surface area contributed by atoms with Crippen LogP contribution in [0.15, 0.2) is 60.7 Å². The molecule has 9 nitrogen and oxygen atoms in total. The van der Waals surface area contributed by atoms with Crippen LogP contribution in [-0.4, -0.2) is 73.9 Å². The Morgan fingerprint density at radius 3 is 2.44 bits per heavy atom. The van der Waals surface area contributed by atoms with Crippen LogP contribution in [0.25, 0.3) is 22.2 Å². The molecule has 9 rings (SSSR count). The van der Waals surface area contributed by atoms with Gasteiger partial charge in [0.2, 0.25) is 15.9 Å². The van der Waals surface area contributed by atoms with Crippen LogP contribution in [0, 0.1) is 11.2 Å². The maximum Gasteiger partial charge on any atom is 0.264 e. The predicted octanol–water partition coefficient (Wildman–Crippen LogP) is 6.56. The number of methoxy groups -OCH3 is 1. The summed E-state index contributed by atoms with van der Waals surface area (Å²) in [5.41, 5.74) is 4.99. The van der Waals surface area contributed by atoms with Gasteiger partial charge in [-0.1, -0.05) is 43.5 Å². The highest BCUT2D eigenvalue weighted by molar-refractivity contribution is 7.89. The molecule has 4 heterocycles. The van der Waals surface area contributed by atoms with E-state index in [9.17, 15) is 17.6 Å². The Hall–Kier alpha value is -4.22. The molecule has 11 heteroatoms. The molecule has 5 aliphatic rings. The monoisotopic (exact) mass is 724 g/mol. The van der Waals surface area contributed by atoms with Gasteiger partial charge in [-0.3, -0.25) is 9.59 Å². The van der Waals surface area contributed by atoms with E-state index in [1.807, 2.05) is 12.1 Å². The Morgan fingerprint density at radius 2 is 1.71 bits per heavy atom. The zero-order valence-corrected chi connectivity index (χ0v) is 30.6. The number of hydrogen-bond acceptors (Lipinski definition) is 6. The van der Waals surface area contributed by atoms with Gasteiger partial charge >= 0.3 is 0 Å². The van der Waals surface area contributed by atoms with E-state index in [0.29, 0.717) is 12.5 Å². The maximum atomic E-state index is 15.1. The molecule has 272 valence electrons. The van der Waals surface area contributed by atoms with Crippen LogP contribution >= 0.6 is 0 Å². The second-order valence-electron chi connectivity index (χ2n) is 15.9. The molecule has 3 aromatic carbocycles. The van der Waals surface area contributed by atoms with Gasteiger partial charge in [-0.25, -0.2) is 17.5 Å². The third kappa shape index (κ3) is 5.45. The number of benzene rings is 3. The minimum Gasteiger partial charge on any atom is -0.497 e. The Kier molecular flexibility index (Phi) is 8.04. The number of likely N-dealkylation sites (N-methyl/N-ethyl adjacent to an activating group) is 1. The van der Waals surface area contributed by atoms with Crippen LogP contribution in [0.2, 0.25) is 0 Å². The maximum absolute atomic E-state index is 15.1. The summed E-state index contributed by atoms with van der Waals surface area (Å²) in [5.74, 6) is -0.709. The van der Waals surface area contributed by atoms with Crippen molar-refractivity contribution in [3.63, 3.8) is 0 Å². The van der Waals surface area contributed by atoms with Crippen molar-refractivity contribution in [3.8, 4) is 17.0 Å². The van der Waals surface area contributed by atoms with Gasteiger partial charge in [0, 0.05) is 65.2 Å². The van der Waals surface area contributed by atoms with Crippen LogP contribution in [0.5, 0.6) is 5.75 Å². The number of piperazine rings is 1. The number of likely N-dealkylation sites (tertiary alicyclic amines) is 1. The first-order chi connectivity index (χ1) is 25.1. The largest absolute Gasteiger partial charge is 0.497 e. The number of carbonyl (C=O) groups excluding carboxylic acids is 2. The van der Waals surface area contributed by atoms with Gasteiger partial charge in [0.1, 0.15) is 11.6 Å². The van der Waals surface area contributed by atoms with Gasteiger partial charge < -0.3 is 19.1 Å². The molecule has 4 atom stereocenters. The quantitative estimate of drug-likeness (QED) is 0.232. The number of carbonyl (C=O) groups is 2. The molecule has 4 unspecified atom stereocenters. The van der Waals surface area contributed by atoms with E-state index < -0.39 is 32.9 Å². The van der Waals surface area contributed by atoms with E-state index in [4.69, 9.17) is 4.74 Å². The number of hydrogen-bond donors (Lipinski definition) is 1. The van der Waals surface area contributed by atoms with E-state index in [2.05, 4.69) is 38.3 Å². The summed E-state index contributed by atoms with van der Waals surface area (Å²) in [7, 11) is -0.373. The SMILES string of the molecule is COc1ccc2c(c1)C1CC1(C(=O)N1C3CCC1CN(C)C3)Cn1c-2c(C2CCCCC2)c2ccc(C(=O)NS(=O)(=O)Cc3ccccc3F)cc21. The number of amides is 2. The molecule has 52 heavy (non-hydrogen) atoms. The molecular formula is C41H45FN4O5S. The number of ether oxygens (including phenoxy) is 1. The molecule has 2 saturated heterocycles. The van der Waals surface area contributed by atoms with Crippen LogP contribution < -0.4 is 9.46 Å². The highest BCUT2D eigenvalue weighted by Gasteiger charge is 2.65. The van der Waals surface area contributed by atoms with Gasteiger partial charge in [-0.2, -0.15) is 0 Å². The lowest BCUT2D eigenvalue weighted by Gasteiger charge is -2.41. The minimum absolute atomic E-state index is 0.00896. The molecule has 0 radical (unpaired) electrons. The lowest BCUT2D eigenvalue weighted by Crippen LogP contribution is -2.57. The summed E-state index contributed by atoms with van der Waals surface area (Å²) in [6, 6.07) is 17.8. The van der Waals surface area contributed by atoms with Crippen LogP contribution in [0.3, 0.4) is 0 Å². The average Bonchev–Trinajstić information content (AvgIpc) is 3.72. The second kappa shape index (κ2) is 12.4. The standard InChI is InChI=1S/C41H45FN4O5S/c1-44-21-28-13-14-29(22-44)46(28)40(48)41-20-34(41)33-19-30(51-2)15-17-31(33)38-37(25-8-4-3-5-9-25)32-16-12-26(18-36(32)45(38)24-41)39(47)43-52(49,50)23-27-10-6-7-11-35(27)42/h6-7,10-12,15-19,25,28-29,34H,3-5,8-9,13-14,20-24H2,1-2H3,(H,43,47). The van der Waals surface area contributed by atoms with Crippen molar-refractivity contribution in [2.75, 3.05) is 27.2 Å². The minimum atomic E-state index is -4.20.